The number of ether oxygens (including phenoxy) is 2. The Morgan fingerprint density at radius 2 is 1.94 bits per heavy atom. The minimum atomic E-state index is -1.11. The van der Waals surface area contributed by atoms with Gasteiger partial charge in [0, 0.05) is 43.4 Å². The van der Waals surface area contributed by atoms with E-state index in [0.717, 1.165) is 22.7 Å². The molecule has 0 unspecified atom stereocenters. The lowest BCUT2D eigenvalue weighted by Gasteiger charge is -2.23. The predicted molar refractivity (Wildman–Crippen MR) is 128 cm³/mol. The van der Waals surface area contributed by atoms with Crippen molar-refractivity contribution >= 4 is 40.7 Å². The van der Waals surface area contributed by atoms with Gasteiger partial charge in [-0.2, -0.15) is 4.79 Å². The molecule has 2 atom stereocenters. The third kappa shape index (κ3) is 9.15. The summed E-state index contributed by atoms with van der Waals surface area (Å²) in [5.74, 6) is -1.98. The van der Waals surface area contributed by atoms with Crippen LogP contribution in [0.25, 0.3) is 16.4 Å². The minimum Gasteiger partial charge on any atom is -0.461 e. The predicted octanol–water partition coefficient (Wildman–Crippen LogP) is 1.32. The Morgan fingerprint density at radius 3 is 2.63 bits per heavy atom. The minimum absolute atomic E-state index is 0.0478. The molecule has 2 aromatic rings. The Labute approximate surface area is 203 Å². The summed E-state index contributed by atoms with van der Waals surface area (Å²) in [7, 11) is 0. The molecule has 11 nitrogen and oxygen atoms in total. The SMILES string of the molecule is CC(=O)NCCO[C@@H](Cc1c[nH]c2ccccc12)C(=O)N[C@@H](CCC(=O)C=[N+]=[N-])C(=O)OC(C)C. The van der Waals surface area contributed by atoms with Gasteiger partial charge in [-0.25, -0.2) is 4.79 Å². The van der Waals surface area contributed by atoms with Crippen molar-refractivity contribution in [3.05, 3.63) is 41.6 Å². The van der Waals surface area contributed by atoms with Crippen LogP contribution in [0.15, 0.2) is 30.5 Å². The Hall–Kier alpha value is -3.82. The van der Waals surface area contributed by atoms with Gasteiger partial charge in [0.1, 0.15) is 12.1 Å². The summed E-state index contributed by atoms with van der Waals surface area (Å²) in [6, 6.07) is 6.51. The molecule has 0 saturated heterocycles. The molecule has 1 aromatic heterocycles. The number of rotatable bonds is 14. The van der Waals surface area contributed by atoms with Crippen LogP contribution in [-0.4, -0.2) is 71.0 Å². The van der Waals surface area contributed by atoms with Gasteiger partial charge in [-0.1, -0.05) is 18.2 Å². The van der Waals surface area contributed by atoms with Gasteiger partial charge in [0.15, 0.2) is 0 Å². The van der Waals surface area contributed by atoms with E-state index in [0.29, 0.717) is 0 Å². The molecule has 2 amide bonds. The number of benzene rings is 1. The van der Waals surface area contributed by atoms with Crippen LogP contribution >= 0.6 is 0 Å². The molecule has 0 aliphatic heterocycles. The summed E-state index contributed by atoms with van der Waals surface area (Å²) >= 11 is 0. The lowest BCUT2D eigenvalue weighted by Crippen LogP contribution is -2.48. The van der Waals surface area contributed by atoms with Gasteiger partial charge >= 0.3 is 12.2 Å². The van der Waals surface area contributed by atoms with Crippen LogP contribution in [0.3, 0.4) is 0 Å². The number of carbonyl (C=O) groups excluding carboxylic acids is 4. The van der Waals surface area contributed by atoms with Crippen molar-refractivity contribution in [2.24, 2.45) is 0 Å². The maximum absolute atomic E-state index is 13.2. The van der Waals surface area contributed by atoms with E-state index in [1.54, 1.807) is 20.0 Å². The topological polar surface area (TPSA) is 163 Å². The van der Waals surface area contributed by atoms with Crippen molar-refractivity contribution < 1.29 is 33.4 Å². The van der Waals surface area contributed by atoms with Crippen molar-refractivity contribution in [2.45, 2.75) is 58.3 Å². The monoisotopic (exact) mass is 485 g/mol. The molecular formula is C24H31N5O6. The number of ketones is 1. The van der Waals surface area contributed by atoms with Crippen LogP contribution in [0.5, 0.6) is 0 Å². The first-order chi connectivity index (χ1) is 16.7. The lowest BCUT2D eigenvalue weighted by atomic mass is 10.0. The Balaban J connectivity index is 2.19. The van der Waals surface area contributed by atoms with Crippen LogP contribution in [-0.2, 0) is 35.1 Å². The fourth-order valence-electron chi connectivity index (χ4n) is 3.40. The largest absolute Gasteiger partial charge is 0.461 e. The van der Waals surface area contributed by atoms with Crippen LogP contribution in [0, 0.1) is 0 Å². The van der Waals surface area contributed by atoms with Crippen molar-refractivity contribution in [3.63, 3.8) is 0 Å². The van der Waals surface area contributed by atoms with Crippen molar-refractivity contribution in [2.75, 3.05) is 13.2 Å². The van der Waals surface area contributed by atoms with Gasteiger partial charge in [-0.15, -0.1) is 0 Å². The number of Topliss-reactive ketones (excluding diaryl/α,β-unsaturated/α-hetero) is 1. The molecule has 188 valence electrons. The standard InChI is InChI=1S/C24H31N5O6/c1-15(2)35-24(33)21(9-8-18(31)14-28-25)29-23(32)22(34-11-10-26-16(3)30)12-17-13-27-20-7-5-4-6-19(17)20/h4-7,13-15,21-22,27H,8-12H2,1-3H3,(H,26,30)(H,29,32)/t21-,22-/m0/s1. The van der Waals surface area contributed by atoms with Gasteiger partial charge in [-0.05, 0) is 31.9 Å². The maximum atomic E-state index is 13.2. The second kappa shape index (κ2) is 13.8. The number of nitrogens with one attached hydrogen (secondary N) is 3. The zero-order valence-corrected chi connectivity index (χ0v) is 20.1. The molecule has 0 aliphatic rings. The zero-order valence-electron chi connectivity index (χ0n) is 20.1. The number of esters is 1. The Kier molecular flexibility index (Phi) is 10.8. The number of para-hydroxylation sites is 1. The number of nitrogens with zero attached hydrogens (tertiary/aromatic N) is 2. The average Bonchev–Trinajstić information content (AvgIpc) is 3.20. The summed E-state index contributed by atoms with van der Waals surface area (Å²) in [4.78, 5) is 54.5. The molecule has 3 N–H and O–H groups in total. The molecule has 11 heteroatoms. The second-order valence-corrected chi connectivity index (χ2v) is 8.20. The number of H-pyrrole nitrogens is 1. The first-order valence-electron chi connectivity index (χ1n) is 11.3. The van der Waals surface area contributed by atoms with Crippen LogP contribution in [0.1, 0.15) is 39.2 Å². The number of aromatic amines is 1. The Morgan fingerprint density at radius 1 is 1.20 bits per heavy atom. The molecule has 0 spiro atoms. The molecule has 1 heterocycles. The smallest absolute Gasteiger partial charge is 0.328 e. The van der Waals surface area contributed by atoms with Crippen LogP contribution in [0.4, 0.5) is 0 Å². The zero-order chi connectivity index (χ0) is 25.8. The van der Waals surface area contributed by atoms with E-state index in [4.69, 9.17) is 15.0 Å². The highest BCUT2D eigenvalue weighted by Gasteiger charge is 2.29. The maximum Gasteiger partial charge on any atom is 0.328 e. The average molecular weight is 486 g/mol. The third-order valence-electron chi connectivity index (χ3n) is 5.00. The van der Waals surface area contributed by atoms with Gasteiger partial charge < -0.3 is 30.6 Å². The van der Waals surface area contributed by atoms with E-state index in [1.807, 2.05) is 24.3 Å². The van der Waals surface area contributed by atoms with Crippen molar-refractivity contribution in [1.82, 2.24) is 15.6 Å². The summed E-state index contributed by atoms with van der Waals surface area (Å²) in [6.45, 7) is 5.01. The molecular weight excluding hydrogens is 454 g/mol. The van der Waals surface area contributed by atoms with E-state index >= 15 is 0 Å². The van der Waals surface area contributed by atoms with E-state index < -0.39 is 35.9 Å². The van der Waals surface area contributed by atoms with E-state index in [9.17, 15) is 19.2 Å². The molecule has 2 rings (SSSR count). The molecule has 35 heavy (non-hydrogen) atoms. The highest BCUT2D eigenvalue weighted by atomic mass is 16.5. The molecule has 0 radical (unpaired) electrons. The van der Waals surface area contributed by atoms with Crippen LogP contribution in [0.2, 0.25) is 0 Å². The number of carbonyl (C=O) groups is 4. The number of hydrogen-bond donors (Lipinski definition) is 3. The summed E-state index contributed by atoms with van der Waals surface area (Å²) in [6.07, 6.45) is 1.14. The van der Waals surface area contributed by atoms with E-state index in [1.165, 1.54) is 6.92 Å². The number of amides is 2. The quantitative estimate of drug-likeness (QED) is 0.120. The molecule has 1 aromatic carbocycles. The highest BCUT2D eigenvalue weighted by molar-refractivity contribution is 6.25. The summed E-state index contributed by atoms with van der Waals surface area (Å²) in [5.41, 5.74) is 10.3. The molecule has 0 saturated carbocycles. The summed E-state index contributed by atoms with van der Waals surface area (Å²) in [5, 5.41) is 6.17. The normalized spacial score (nSPS) is 12.5. The highest BCUT2D eigenvalue weighted by Crippen LogP contribution is 2.20. The van der Waals surface area contributed by atoms with Gasteiger partial charge in [-0.3, -0.25) is 14.4 Å². The summed E-state index contributed by atoms with van der Waals surface area (Å²) < 4.78 is 11.0. The van der Waals surface area contributed by atoms with Crippen molar-refractivity contribution in [3.8, 4) is 0 Å². The van der Waals surface area contributed by atoms with E-state index in [-0.39, 0.29) is 38.3 Å². The fraction of sp³-hybridized carbons (Fsp3) is 0.458. The molecule has 0 bridgehead atoms. The van der Waals surface area contributed by atoms with E-state index in [2.05, 4.69) is 20.4 Å². The molecule has 0 aliphatic carbocycles. The number of hydrogen-bond acceptors (Lipinski definition) is 6. The second-order valence-electron chi connectivity index (χ2n) is 8.20. The van der Waals surface area contributed by atoms with Gasteiger partial charge in [0.2, 0.25) is 17.6 Å². The lowest BCUT2D eigenvalue weighted by molar-refractivity contribution is -0.153. The first kappa shape index (κ1) is 27.4. The molecule has 0 fully saturated rings. The van der Waals surface area contributed by atoms with Gasteiger partial charge in [0.05, 0.1) is 12.7 Å². The fourth-order valence-corrected chi connectivity index (χ4v) is 3.40. The van der Waals surface area contributed by atoms with Gasteiger partial charge in [0.25, 0.3) is 0 Å². The number of aromatic nitrogens is 1. The Bertz CT molecular complexity index is 1090. The van der Waals surface area contributed by atoms with Crippen LogP contribution < -0.4 is 10.6 Å². The van der Waals surface area contributed by atoms with Crippen molar-refractivity contribution in [1.29, 1.82) is 0 Å². The first-order valence-corrected chi connectivity index (χ1v) is 11.3. The third-order valence-corrected chi connectivity index (χ3v) is 5.00. The number of fused-ring (bicyclic) bond motifs is 1.